The molecule has 1 aromatic carbocycles. The van der Waals surface area contributed by atoms with Gasteiger partial charge in [0.2, 0.25) is 5.91 Å². The van der Waals surface area contributed by atoms with Crippen LogP contribution in [0.4, 0.5) is 4.79 Å². The number of rotatable bonds is 2. The normalized spacial score (nSPS) is 24.0. The van der Waals surface area contributed by atoms with Crippen LogP contribution in [0.25, 0.3) is 0 Å². The highest BCUT2D eigenvalue weighted by Crippen LogP contribution is 2.16. The van der Waals surface area contributed by atoms with Crippen LogP contribution in [0.3, 0.4) is 0 Å². The van der Waals surface area contributed by atoms with Gasteiger partial charge in [-0.1, -0.05) is 36.4 Å². The van der Waals surface area contributed by atoms with E-state index in [0.29, 0.717) is 13.0 Å². The predicted octanol–water partition coefficient (Wildman–Crippen LogP) is 1.53. The van der Waals surface area contributed by atoms with Crippen LogP contribution in [0, 0.1) is 0 Å². The number of hydrogen-bond donors (Lipinski definition) is 2. The first-order chi connectivity index (χ1) is 9.19. The quantitative estimate of drug-likeness (QED) is 0.626. The lowest BCUT2D eigenvalue weighted by molar-refractivity contribution is -0.127. The molecule has 2 saturated heterocycles. The summed E-state index contributed by atoms with van der Waals surface area (Å²) in [5.41, 5.74) is 1.09. The molecule has 2 atom stereocenters. The van der Waals surface area contributed by atoms with Crippen molar-refractivity contribution in [2.45, 2.75) is 18.5 Å². The summed E-state index contributed by atoms with van der Waals surface area (Å²) in [5.74, 6) is 0.130. The molecule has 0 saturated carbocycles. The Morgan fingerprint density at radius 2 is 1.89 bits per heavy atom. The largest absolute Gasteiger partial charge is 0.447 e. The van der Waals surface area contributed by atoms with Crippen LogP contribution in [0.2, 0.25) is 0 Å². The molecule has 0 spiro atoms. The number of amides is 2. The zero-order valence-corrected chi connectivity index (χ0v) is 10.5. The summed E-state index contributed by atoms with van der Waals surface area (Å²) in [6.07, 6.45) is 2.04. The molecule has 2 amide bonds. The Bertz CT molecular complexity index is 465. The first-order valence-corrected chi connectivity index (χ1v) is 6.09. The molecule has 2 heterocycles. The number of benzene rings is 1. The summed E-state index contributed by atoms with van der Waals surface area (Å²) in [7, 11) is 0. The maximum absolute atomic E-state index is 10.7. The summed E-state index contributed by atoms with van der Waals surface area (Å²) < 4.78 is 4.77. The van der Waals surface area contributed by atoms with Gasteiger partial charge < -0.3 is 15.4 Å². The fraction of sp³-hybridized carbons (Fsp3) is 0.286. The third-order valence-electron chi connectivity index (χ3n) is 2.91. The molecule has 5 nitrogen and oxygen atoms in total. The van der Waals surface area contributed by atoms with Crippen LogP contribution < -0.4 is 10.6 Å². The van der Waals surface area contributed by atoms with Crippen molar-refractivity contribution < 1.29 is 14.3 Å². The van der Waals surface area contributed by atoms with Gasteiger partial charge in [-0.15, -0.1) is 6.58 Å². The lowest BCUT2D eigenvalue weighted by Crippen LogP contribution is -2.46. The Morgan fingerprint density at radius 1 is 1.21 bits per heavy atom. The fourth-order valence-electron chi connectivity index (χ4n) is 1.78. The molecule has 2 N–H and O–H groups in total. The lowest BCUT2D eigenvalue weighted by Gasteiger charge is -2.22. The second-order valence-corrected chi connectivity index (χ2v) is 4.32. The van der Waals surface area contributed by atoms with E-state index in [1.807, 2.05) is 30.3 Å². The number of β-lactam (4-membered cyclic amide) rings is 1. The maximum Gasteiger partial charge on any atom is 0.407 e. The highest BCUT2D eigenvalue weighted by molar-refractivity contribution is 5.83. The van der Waals surface area contributed by atoms with E-state index >= 15 is 0 Å². The van der Waals surface area contributed by atoms with Gasteiger partial charge in [0.25, 0.3) is 0 Å². The van der Waals surface area contributed by atoms with Crippen molar-refractivity contribution >= 4 is 12.0 Å². The molecule has 2 aliphatic heterocycles. The molecule has 3 rings (SSSR count). The first kappa shape index (κ1) is 13.1. The SMILES string of the molecule is C=C[C@@H]1CC(=O)N1.O=C1N[C@@H](c2ccccc2)CO1. The molecule has 2 fully saturated rings. The van der Waals surface area contributed by atoms with Crippen molar-refractivity contribution in [3.63, 3.8) is 0 Å². The summed E-state index contributed by atoms with van der Waals surface area (Å²) in [6, 6.07) is 10.1. The second kappa shape index (κ2) is 6.04. The van der Waals surface area contributed by atoms with Gasteiger partial charge in [0, 0.05) is 0 Å². The molecular weight excluding hydrogens is 244 g/mol. The minimum atomic E-state index is -0.330. The average molecular weight is 260 g/mol. The zero-order chi connectivity index (χ0) is 13.7. The number of carbonyl (C=O) groups is 2. The molecule has 0 aliphatic carbocycles. The lowest BCUT2D eigenvalue weighted by atomic mass is 10.1. The van der Waals surface area contributed by atoms with E-state index in [1.54, 1.807) is 6.08 Å². The van der Waals surface area contributed by atoms with E-state index < -0.39 is 0 Å². The van der Waals surface area contributed by atoms with E-state index in [4.69, 9.17) is 4.74 Å². The molecule has 19 heavy (non-hydrogen) atoms. The molecule has 0 radical (unpaired) electrons. The summed E-state index contributed by atoms with van der Waals surface area (Å²) in [4.78, 5) is 20.8. The smallest absolute Gasteiger partial charge is 0.407 e. The Balaban J connectivity index is 0.000000163. The van der Waals surface area contributed by atoms with Gasteiger partial charge in [-0.25, -0.2) is 4.79 Å². The topological polar surface area (TPSA) is 67.4 Å². The predicted molar refractivity (Wildman–Crippen MR) is 70.4 cm³/mol. The van der Waals surface area contributed by atoms with Crippen molar-refractivity contribution in [2.24, 2.45) is 0 Å². The third kappa shape index (κ3) is 3.58. The summed E-state index contributed by atoms with van der Waals surface area (Å²) in [6.45, 7) is 3.94. The van der Waals surface area contributed by atoms with Gasteiger partial charge in [-0.3, -0.25) is 4.79 Å². The van der Waals surface area contributed by atoms with E-state index in [0.717, 1.165) is 5.56 Å². The molecular formula is C14H16N2O3. The van der Waals surface area contributed by atoms with Crippen LogP contribution in [0.5, 0.6) is 0 Å². The molecule has 0 aromatic heterocycles. The van der Waals surface area contributed by atoms with Crippen LogP contribution >= 0.6 is 0 Å². The highest BCUT2D eigenvalue weighted by Gasteiger charge is 2.23. The van der Waals surface area contributed by atoms with Gasteiger partial charge in [0.1, 0.15) is 6.61 Å². The maximum atomic E-state index is 10.7. The minimum absolute atomic E-state index is 0.0266. The Labute approximate surface area is 111 Å². The Kier molecular flexibility index (Phi) is 4.18. The van der Waals surface area contributed by atoms with Crippen molar-refractivity contribution in [2.75, 3.05) is 6.61 Å². The van der Waals surface area contributed by atoms with Gasteiger partial charge in [0.15, 0.2) is 0 Å². The van der Waals surface area contributed by atoms with Crippen LogP contribution in [-0.4, -0.2) is 24.6 Å². The number of ether oxygens (including phenoxy) is 1. The van der Waals surface area contributed by atoms with E-state index in [1.165, 1.54) is 0 Å². The van der Waals surface area contributed by atoms with Gasteiger partial charge in [-0.2, -0.15) is 0 Å². The Morgan fingerprint density at radius 3 is 2.32 bits per heavy atom. The summed E-state index contributed by atoms with van der Waals surface area (Å²) >= 11 is 0. The molecule has 5 heteroatoms. The molecule has 0 bridgehead atoms. The monoisotopic (exact) mass is 260 g/mol. The number of alkyl carbamates (subject to hydrolysis) is 1. The van der Waals surface area contributed by atoms with Crippen molar-refractivity contribution in [3.05, 3.63) is 48.6 Å². The van der Waals surface area contributed by atoms with Crippen molar-refractivity contribution in [1.29, 1.82) is 0 Å². The van der Waals surface area contributed by atoms with Gasteiger partial charge >= 0.3 is 6.09 Å². The van der Waals surface area contributed by atoms with Gasteiger partial charge in [-0.05, 0) is 5.56 Å². The molecule has 1 aromatic rings. The van der Waals surface area contributed by atoms with E-state index in [2.05, 4.69) is 17.2 Å². The average Bonchev–Trinajstić information content (AvgIpc) is 2.83. The van der Waals surface area contributed by atoms with Crippen LogP contribution in [0.1, 0.15) is 18.0 Å². The highest BCUT2D eigenvalue weighted by atomic mass is 16.6. The van der Waals surface area contributed by atoms with E-state index in [-0.39, 0.29) is 24.1 Å². The summed E-state index contributed by atoms with van der Waals surface area (Å²) in [5, 5.41) is 5.34. The van der Waals surface area contributed by atoms with Crippen LogP contribution in [-0.2, 0) is 9.53 Å². The standard InChI is InChI=1S/C9H9NO2.C5H7NO/c11-9-10-8(6-12-9)7-4-2-1-3-5-7;1-2-4-3-5(7)6-4/h1-5,8H,6H2,(H,10,11);2,4H,1,3H2,(H,6,7)/t8-;4-/m11/s1. The number of carbonyl (C=O) groups excluding carboxylic acids is 2. The molecule has 0 unspecified atom stereocenters. The first-order valence-electron chi connectivity index (χ1n) is 6.09. The van der Waals surface area contributed by atoms with E-state index in [9.17, 15) is 9.59 Å². The Hall–Kier alpha value is -2.30. The number of cyclic esters (lactones) is 1. The van der Waals surface area contributed by atoms with Crippen molar-refractivity contribution in [1.82, 2.24) is 10.6 Å². The van der Waals surface area contributed by atoms with Crippen molar-refractivity contribution in [3.8, 4) is 0 Å². The zero-order valence-electron chi connectivity index (χ0n) is 10.5. The van der Waals surface area contributed by atoms with Crippen LogP contribution in [0.15, 0.2) is 43.0 Å². The second-order valence-electron chi connectivity index (χ2n) is 4.32. The fourth-order valence-corrected chi connectivity index (χ4v) is 1.78. The minimum Gasteiger partial charge on any atom is -0.447 e. The number of nitrogens with one attached hydrogen (secondary N) is 2. The molecule has 100 valence electrons. The molecule has 2 aliphatic rings. The number of hydrogen-bond acceptors (Lipinski definition) is 3. The van der Waals surface area contributed by atoms with Gasteiger partial charge in [0.05, 0.1) is 18.5 Å². The third-order valence-corrected chi connectivity index (χ3v) is 2.91.